The Labute approximate surface area is 176 Å². The van der Waals surface area contributed by atoms with Gasteiger partial charge >= 0.3 is 0 Å². The maximum Gasteiger partial charge on any atom is 0.169 e. The molecule has 2 aromatic rings. The van der Waals surface area contributed by atoms with E-state index in [-0.39, 0.29) is 5.82 Å². The summed E-state index contributed by atoms with van der Waals surface area (Å²) in [5, 5.41) is 9.14. The average molecular weight is 424 g/mol. The second-order valence-corrected chi connectivity index (χ2v) is 8.03. The zero-order chi connectivity index (χ0) is 20.1. The summed E-state index contributed by atoms with van der Waals surface area (Å²) in [6, 6.07) is 6.69. The van der Waals surface area contributed by atoms with Gasteiger partial charge in [0.2, 0.25) is 0 Å². The van der Waals surface area contributed by atoms with E-state index >= 15 is 0 Å². The SMILES string of the molecule is Cc1cc(C)n(CCCNC(=S)N2CCN(Cc3ccc(F)cc3Cl)CC2)n1. The van der Waals surface area contributed by atoms with Gasteiger partial charge in [-0.3, -0.25) is 9.58 Å². The normalized spacial score (nSPS) is 15.1. The molecule has 2 heterocycles. The molecule has 1 aliphatic rings. The van der Waals surface area contributed by atoms with E-state index in [0.717, 1.165) is 68.6 Å². The van der Waals surface area contributed by atoms with Crippen LogP contribution in [0.4, 0.5) is 4.39 Å². The van der Waals surface area contributed by atoms with Crippen molar-refractivity contribution in [3.8, 4) is 0 Å². The first-order valence-corrected chi connectivity index (χ1v) is 10.4. The van der Waals surface area contributed by atoms with Crippen LogP contribution in [0.1, 0.15) is 23.4 Å². The fourth-order valence-electron chi connectivity index (χ4n) is 3.44. The van der Waals surface area contributed by atoms with E-state index in [2.05, 4.69) is 33.2 Å². The first-order chi connectivity index (χ1) is 13.4. The molecule has 1 N–H and O–H groups in total. The number of hydrogen-bond donors (Lipinski definition) is 1. The molecule has 0 spiro atoms. The highest BCUT2D eigenvalue weighted by atomic mass is 35.5. The van der Waals surface area contributed by atoms with Crippen molar-refractivity contribution in [1.29, 1.82) is 0 Å². The van der Waals surface area contributed by atoms with Gasteiger partial charge in [0.1, 0.15) is 5.82 Å². The predicted molar refractivity (Wildman–Crippen MR) is 115 cm³/mol. The molecule has 3 rings (SSSR count). The lowest BCUT2D eigenvalue weighted by Gasteiger charge is -2.36. The second kappa shape index (κ2) is 9.67. The Kier molecular flexibility index (Phi) is 7.26. The van der Waals surface area contributed by atoms with E-state index in [1.54, 1.807) is 6.07 Å². The number of halogens is 2. The molecular weight excluding hydrogens is 397 g/mol. The maximum atomic E-state index is 13.2. The minimum atomic E-state index is -0.298. The highest BCUT2D eigenvalue weighted by Crippen LogP contribution is 2.19. The Morgan fingerprint density at radius 3 is 2.61 bits per heavy atom. The number of nitrogens with one attached hydrogen (secondary N) is 1. The number of aromatic nitrogens is 2. The van der Waals surface area contributed by atoms with Crippen LogP contribution in [-0.4, -0.2) is 57.4 Å². The van der Waals surface area contributed by atoms with Crippen molar-refractivity contribution < 1.29 is 4.39 Å². The second-order valence-electron chi connectivity index (χ2n) is 7.23. The van der Waals surface area contributed by atoms with Crippen molar-refractivity contribution in [1.82, 2.24) is 24.9 Å². The van der Waals surface area contributed by atoms with Crippen molar-refractivity contribution in [2.45, 2.75) is 33.4 Å². The van der Waals surface area contributed by atoms with Crippen molar-refractivity contribution in [3.05, 3.63) is 52.1 Å². The van der Waals surface area contributed by atoms with Gasteiger partial charge in [-0.1, -0.05) is 17.7 Å². The van der Waals surface area contributed by atoms with Crippen molar-refractivity contribution in [3.63, 3.8) is 0 Å². The lowest BCUT2D eigenvalue weighted by atomic mass is 10.2. The third-order valence-corrected chi connectivity index (χ3v) is 5.75. The number of hydrogen-bond acceptors (Lipinski definition) is 3. The molecule has 1 aliphatic heterocycles. The average Bonchev–Trinajstić information content (AvgIpc) is 2.98. The third-order valence-electron chi connectivity index (χ3n) is 4.99. The number of piperazine rings is 1. The van der Waals surface area contributed by atoms with E-state index in [4.69, 9.17) is 23.8 Å². The lowest BCUT2D eigenvalue weighted by molar-refractivity contribution is 0.174. The van der Waals surface area contributed by atoms with Crippen LogP contribution in [0.3, 0.4) is 0 Å². The van der Waals surface area contributed by atoms with Gasteiger partial charge in [0.25, 0.3) is 0 Å². The number of rotatable bonds is 6. The number of aryl methyl sites for hydroxylation is 3. The van der Waals surface area contributed by atoms with Gasteiger partial charge in [-0.05, 0) is 56.2 Å². The lowest BCUT2D eigenvalue weighted by Crippen LogP contribution is -2.51. The third kappa shape index (κ3) is 5.65. The minimum absolute atomic E-state index is 0.298. The Balaban J connectivity index is 1.37. The molecule has 0 amide bonds. The van der Waals surface area contributed by atoms with Gasteiger partial charge in [-0.25, -0.2) is 4.39 Å². The number of benzene rings is 1. The summed E-state index contributed by atoms with van der Waals surface area (Å²) in [4.78, 5) is 4.53. The van der Waals surface area contributed by atoms with Gasteiger partial charge in [0, 0.05) is 56.5 Å². The van der Waals surface area contributed by atoms with Crippen LogP contribution in [0, 0.1) is 19.7 Å². The Bertz CT molecular complexity index is 817. The molecule has 1 fully saturated rings. The van der Waals surface area contributed by atoms with Gasteiger partial charge in [0.15, 0.2) is 5.11 Å². The van der Waals surface area contributed by atoms with Crippen LogP contribution < -0.4 is 5.32 Å². The zero-order valence-electron chi connectivity index (χ0n) is 16.4. The van der Waals surface area contributed by atoms with Crippen molar-refractivity contribution in [2.24, 2.45) is 0 Å². The fourth-order valence-corrected chi connectivity index (χ4v) is 3.95. The molecule has 0 saturated carbocycles. The summed E-state index contributed by atoms with van der Waals surface area (Å²) in [6.07, 6.45) is 0.977. The summed E-state index contributed by atoms with van der Waals surface area (Å²) in [7, 11) is 0. The van der Waals surface area contributed by atoms with Crippen LogP contribution in [0.25, 0.3) is 0 Å². The molecule has 1 aromatic carbocycles. The van der Waals surface area contributed by atoms with Gasteiger partial charge in [0.05, 0.1) is 5.69 Å². The summed E-state index contributed by atoms with van der Waals surface area (Å²) < 4.78 is 15.2. The molecule has 1 aromatic heterocycles. The van der Waals surface area contributed by atoms with Crippen LogP contribution in [0.5, 0.6) is 0 Å². The van der Waals surface area contributed by atoms with Gasteiger partial charge in [-0.2, -0.15) is 5.10 Å². The smallest absolute Gasteiger partial charge is 0.169 e. The summed E-state index contributed by atoms with van der Waals surface area (Å²) >= 11 is 11.7. The van der Waals surface area contributed by atoms with Crippen LogP contribution in [0.2, 0.25) is 5.02 Å². The molecule has 1 saturated heterocycles. The van der Waals surface area contributed by atoms with Gasteiger partial charge in [-0.15, -0.1) is 0 Å². The molecular formula is C20H27ClFN5S. The summed E-state index contributed by atoms with van der Waals surface area (Å²) in [5.41, 5.74) is 3.21. The fraction of sp³-hybridized carbons (Fsp3) is 0.500. The van der Waals surface area contributed by atoms with Crippen molar-refractivity contribution >= 4 is 28.9 Å². The molecule has 5 nitrogen and oxygen atoms in total. The molecule has 0 atom stereocenters. The van der Waals surface area contributed by atoms with E-state index in [0.29, 0.717) is 5.02 Å². The highest BCUT2D eigenvalue weighted by molar-refractivity contribution is 7.80. The quantitative estimate of drug-likeness (QED) is 0.569. The topological polar surface area (TPSA) is 36.3 Å². The predicted octanol–water partition coefficient (Wildman–Crippen LogP) is 3.37. The molecule has 0 unspecified atom stereocenters. The zero-order valence-corrected chi connectivity index (χ0v) is 18.0. The van der Waals surface area contributed by atoms with Crippen LogP contribution >= 0.6 is 23.8 Å². The molecule has 28 heavy (non-hydrogen) atoms. The highest BCUT2D eigenvalue weighted by Gasteiger charge is 2.19. The number of thiocarbonyl (C=S) groups is 1. The molecule has 0 bridgehead atoms. The molecule has 0 aliphatic carbocycles. The minimum Gasteiger partial charge on any atom is -0.362 e. The number of nitrogens with zero attached hydrogens (tertiary/aromatic N) is 4. The van der Waals surface area contributed by atoms with Gasteiger partial charge < -0.3 is 10.2 Å². The Hall–Kier alpha value is -1.70. The molecule has 152 valence electrons. The standard InChI is InChI=1S/C20H27ClFN5S/c1-15-12-16(2)27(24-15)7-3-6-23-20(28)26-10-8-25(9-11-26)14-17-4-5-18(22)13-19(17)21/h4-5,12-13H,3,6-11,14H2,1-2H3,(H,23,28). The van der Waals surface area contributed by atoms with E-state index in [1.807, 2.05) is 11.6 Å². The molecule has 8 heteroatoms. The van der Waals surface area contributed by atoms with Crippen LogP contribution in [0.15, 0.2) is 24.3 Å². The van der Waals surface area contributed by atoms with Crippen molar-refractivity contribution in [2.75, 3.05) is 32.7 Å². The summed E-state index contributed by atoms with van der Waals surface area (Å²) in [5.74, 6) is -0.298. The Morgan fingerprint density at radius 2 is 1.96 bits per heavy atom. The van der Waals surface area contributed by atoms with Crippen LogP contribution in [-0.2, 0) is 13.1 Å². The first-order valence-electron chi connectivity index (χ1n) is 9.62. The monoisotopic (exact) mass is 423 g/mol. The summed E-state index contributed by atoms with van der Waals surface area (Å²) in [6.45, 7) is 10.1. The van der Waals surface area contributed by atoms with E-state index in [9.17, 15) is 4.39 Å². The Morgan fingerprint density at radius 1 is 1.21 bits per heavy atom. The largest absolute Gasteiger partial charge is 0.362 e. The molecule has 0 radical (unpaired) electrons. The maximum absolute atomic E-state index is 13.2. The van der Waals surface area contributed by atoms with E-state index < -0.39 is 0 Å². The van der Waals surface area contributed by atoms with E-state index in [1.165, 1.54) is 17.8 Å². The first kappa shape index (κ1) is 21.0.